The summed E-state index contributed by atoms with van der Waals surface area (Å²) in [5, 5.41) is 13.1. The van der Waals surface area contributed by atoms with Crippen LogP contribution in [0.2, 0.25) is 0 Å². The van der Waals surface area contributed by atoms with Gasteiger partial charge in [-0.15, -0.1) is 10.2 Å². The fourth-order valence-electron chi connectivity index (χ4n) is 2.36. The molecule has 2 aromatic carbocycles. The van der Waals surface area contributed by atoms with E-state index < -0.39 is 29.4 Å². The molecule has 0 spiro atoms. The third kappa shape index (κ3) is 6.51. The average molecular weight is 450 g/mol. The molecule has 6 nitrogen and oxygen atoms in total. The second-order valence-corrected chi connectivity index (χ2v) is 7.13. The lowest BCUT2D eigenvalue weighted by molar-refractivity contribution is -0.137. The molecule has 11 heteroatoms. The Kier molecular flexibility index (Phi) is 6.85. The minimum absolute atomic E-state index is 0.0509. The molecule has 160 valence electrons. The van der Waals surface area contributed by atoms with Crippen LogP contribution in [0.5, 0.6) is 0 Å². The molecular weight excluding hydrogens is 436 g/mol. The summed E-state index contributed by atoms with van der Waals surface area (Å²) in [5.41, 5.74) is -0.444. The Hall–Kier alpha value is -3.47. The van der Waals surface area contributed by atoms with Gasteiger partial charge >= 0.3 is 6.18 Å². The van der Waals surface area contributed by atoms with Crippen molar-refractivity contribution >= 4 is 35.1 Å². The second kappa shape index (κ2) is 9.56. The smallest absolute Gasteiger partial charge is 0.325 e. The van der Waals surface area contributed by atoms with Crippen molar-refractivity contribution in [1.29, 1.82) is 0 Å². The number of rotatable bonds is 6. The molecule has 3 rings (SSSR count). The van der Waals surface area contributed by atoms with Crippen molar-refractivity contribution in [3.63, 3.8) is 0 Å². The Labute approximate surface area is 178 Å². The number of aromatic nitrogens is 2. The standard InChI is InChI=1S/C20H14F4N4O2S/c21-14-3-1-2-12(10-14)19(30)26-16-8-9-18(28-27-16)31-11-17(29)25-15-6-4-13(5-7-15)20(22,23)24/h1-10H,11H2,(H,25,29)(H,26,27,30). The average Bonchev–Trinajstić information content (AvgIpc) is 2.73. The SMILES string of the molecule is O=C(CSc1ccc(NC(=O)c2cccc(F)c2)nn1)Nc1ccc(C(F)(F)F)cc1. The Morgan fingerprint density at radius 2 is 1.68 bits per heavy atom. The number of carbonyl (C=O) groups excluding carboxylic acids is 2. The van der Waals surface area contributed by atoms with Crippen LogP contribution in [-0.4, -0.2) is 27.8 Å². The van der Waals surface area contributed by atoms with Crippen molar-refractivity contribution in [3.05, 3.63) is 77.6 Å². The summed E-state index contributed by atoms with van der Waals surface area (Å²) in [5.74, 6) is -1.43. The van der Waals surface area contributed by atoms with E-state index in [1.807, 2.05) is 0 Å². The molecule has 0 atom stereocenters. The molecule has 1 aromatic heterocycles. The third-order valence-electron chi connectivity index (χ3n) is 3.82. The third-order valence-corrected chi connectivity index (χ3v) is 4.74. The van der Waals surface area contributed by atoms with Crippen LogP contribution in [0.1, 0.15) is 15.9 Å². The van der Waals surface area contributed by atoms with Crippen LogP contribution in [0, 0.1) is 5.82 Å². The first-order valence-corrected chi connectivity index (χ1v) is 9.70. The highest BCUT2D eigenvalue weighted by atomic mass is 32.2. The quantitative estimate of drug-likeness (QED) is 0.423. The van der Waals surface area contributed by atoms with Gasteiger partial charge in [0.25, 0.3) is 5.91 Å². The van der Waals surface area contributed by atoms with Gasteiger partial charge in [-0.2, -0.15) is 13.2 Å². The molecule has 0 fully saturated rings. The molecule has 2 N–H and O–H groups in total. The monoisotopic (exact) mass is 450 g/mol. The first-order valence-electron chi connectivity index (χ1n) is 8.71. The predicted octanol–water partition coefficient (Wildman–Crippen LogP) is 4.62. The summed E-state index contributed by atoms with van der Waals surface area (Å²) in [7, 11) is 0. The summed E-state index contributed by atoms with van der Waals surface area (Å²) in [4.78, 5) is 24.0. The normalized spacial score (nSPS) is 11.1. The lowest BCUT2D eigenvalue weighted by Gasteiger charge is -2.08. The Balaban J connectivity index is 1.49. The number of carbonyl (C=O) groups is 2. The first-order chi connectivity index (χ1) is 14.7. The zero-order valence-electron chi connectivity index (χ0n) is 15.6. The molecule has 0 radical (unpaired) electrons. The molecule has 2 amide bonds. The maximum absolute atomic E-state index is 13.2. The van der Waals surface area contributed by atoms with E-state index in [0.717, 1.165) is 30.0 Å². The summed E-state index contributed by atoms with van der Waals surface area (Å²) in [6, 6.07) is 12.3. The number of benzene rings is 2. The van der Waals surface area contributed by atoms with E-state index in [-0.39, 0.29) is 22.8 Å². The lowest BCUT2D eigenvalue weighted by atomic mass is 10.2. The van der Waals surface area contributed by atoms with Crippen molar-refractivity contribution in [2.75, 3.05) is 16.4 Å². The van der Waals surface area contributed by atoms with Crippen LogP contribution in [0.15, 0.2) is 65.7 Å². The molecule has 0 aliphatic rings. The highest BCUT2D eigenvalue weighted by molar-refractivity contribution is 7.99. The molecule has 0 aliphatic carbocycles. The van der Waals surface area contributed by atoms with E-state index in [1.165, 1.54) is 42.5 Å². The number of halogens is 4. The van der Waals surface area contributed by atoms with E-state index in [4.69, 9.17) is 0 Å². The maximum Gasteiger partial charge on any atom is 0.416 e. The molecule has 3 aromatic rings. The van der Waals surface area contributed by atoms with Crippen molar-refractivity contribution < 1.29 is 27.2 Å². The minimum atomic E-state index is -4.44. The Morgan fingerprint density at radius 3 is 2.29 bits per heavy atom. The fraction of sp³-hybridized carbons (Fsp3) is 0.100. The van der Waals surface area contributed by atoms with Gasteiger partial charge in [0.15, 0.2) is 5.82 Å². The largest absolute Gasteiger partial charge is 0.416 e. The van der Waals surface area contributed by atoms with Gasteiger partial charge in [-0.05, 0) is 54.6 Å². The summed E-state index contributed by atoms with van der Waals surface area (Å²) >= 11 is 1.05. The van der Waals surface area contributed by atoms with Crippen LogP contribution in [0.25, 0.3) is 0 Å². The second-order valence-electron chi connectivity index (χ2n) is 6.13. The molecule has 0 saturated heterocycles. The molecule has 0 unspecified atom stereocenters. The number of nitrogens with one attached hydrogen (secondary N) is 2. The molecule has 0 aliphatic heterocycles. The summed E-state index contributed by atoms with van der Waals surface area (Å²) in [6.07, 6.45) is -4.44. The molecule has 1 heterocycles. The number of hydrogen-bond acceptors (Lipinski definition) is 5. The van der Waals surface area contributed by atoms with Crippen LogP contribution in [0.4, 0.5) is 29.1 Å². The zero-order valence-corrected chi connectivity index (χ0v) is 16.4. The van der Waals surface area contributed by atoms with E-state index in [2.05, 4.69) is 20.8 Å². The van der Waals surface area contributed by atoms with Crippen LogP contribution < -0.4 is 10.6 Å². The molecular formula is C20H14F4N4O2S. The number of nitrogens with zero attached hydrogens (tertiary/aromatic N) is 2. The fourth-order valence-corrected chi connectivity index (χ4v) is 2.97. The highest BCUT2D eigenvalue weighted by Crippen LogP contribution is 2.29. The van der Waals surface area contributed by atoms with E-state index in [1.54, 1.807) is 0 Å². The summed E-state index contributed by atoms with van der Waals surface area (Å²) < 4.78 is 50.8. The topological polar surface area (TPSA) is 84.0 Å². The van der Waals surface area contributed by atoms with E-state index in [0.29, 0.717) is 5.03 Å². The number of hydrogen-bond donors (Lipinski definition) is 2. The van der Waals surface area contributed by atoms with Crippen LogP contribution in [-0.2, 0) is 11.0 Å². The van der Waals surface area contributed by atoms with Gasteiger partial charge in [0, 0.05) is 11.3 Å². The van der Waals surface area contributed by atoms with Gasteiger partial charge in [-0.25, -0.2) is 4.39 Å². The first kappa shape index (κ1) is 22.2. The van der Waals surface area contributed by atoms with Gasteiger partial charge in [0.1, 0.15) is 10.8 Å². The molecule has 0 saturated carbocycles. The Bertz CT molecular complexity index is 1070. The highest BCUT2D eigenvalue weighted by Gasteiger charge is 2.29. The van der Waals surface area contributed by atoms with Gasteiger partial charge in [-0.3, -0.25) is 9.59 Å². The van der Waals surface area contributed by atoms with Gasteiger partial charge in [-0.1, -0.05) is 17.8 Å². The minimum Gasteiger partial charge on any atom is -0.325 e. The van der Waals surface area contributed by atoms with Gasteiger partial charge < -0.3 is 10.6 Å². The van der Waals surface area contributed by atoms with Crippen molar-refractivity contribution in [1.82, 2.24) is 10.2 Å². The molecule has 0 bridgehead atoms. The number of alkyl halides is 3. The number of amides is 2. The lowest BCUT2D eigenvalue weighted by Crippen LogP contribution is -2.15. The summed E-state index contributed by atoms with van der Waals surface area (Å²) in [6.45, 7) is 0. The molecule has 31 heavy (non-hydrogen) atoms. The predicted molar refractivity (Wildman–Crippen MR) is 107 cm³/mol. The number of thioether (sulfide) groups is 1. The number of anilines is 2. The van der Waals surface area contributed by atoms with Crippen molar-refractivity contribution in [2.45, 2.75) is 11.2 Å². The van der Waals surface area contributed by atoms with Gasteiger partial charge in [0.05, 0.1) is 11.3 Å². The van der Waals surface area contributed by atoms with E-state index in [9.17, 15) is 27.2 Å². The zero-order chi connectivity index (χ0) is 22.4. The van der Waals surface area contributed by atoms with Crippen molar-refractivity contribution in [3.8, 4) is 0 Å². The van der Waals surface area contributed by atoms with E-state index >= 15 is 0 Å². The van der Waals surface area contributed by atoms with Gasteiger partial charge in [0.2, 0.25) is 5.91 Å². The van der Waals surface area contributed by atoms with Crippen molar-refractivity contribution in [2.24, 2.45) is 0 Å². The van der Waals surface area contributed by atoms with Crippen LogP contribution in [0.3, 0.4) is 0 Å². The maximum atomic E-state index is 13.2. The van der Waals surface area contributed by atoms with Crippen LogP contribution >= 0.6 is 11.8 Å². The Morgan fingerprint density at radius 1 is 0.935 bits per heavy atom.